The smallest absolute Gasteiger partial charge is 0.328 e. The van der Waals surface area contributed by atoms with Crippen molar-refractivity contribution in [2.45, 2.75) is 32.1 Å². The van der Waals surface area contributed by atoms with E-state index in [0.717, 1.165) is 17.5 Å². The second-order valence-electron chi connectivity index (χ2n) is 7.28. The van der Waals surface area contributed by atoms with E-state index in [0.29, 0.717) is 6.54 Å². The zero-order valence-electron chi connectivity index (χ0n) is 15.9. The van der Waals surface area contributed by atoms with Crippen LogP contribution in [-0.4, -0.2) is 21.0 Å². The summed E-state index contributed by atoms with van der Waals surface area (Å²) in [6.45, 7) is 6.24. The normalized spacial score (nSPS) is 12.1. The average Bonchev–Trinajstić information content (AvgIpc) is 2.61. The third kappa shape index (κ3) is 6.90. The lowest BCUT2D eigenvalue weighted by Crippen LogP contribution is -2.43. The van der Waals surface area contributed by atoms with E-state index in [4.69, 9.17) is 0 Å². The number of hydrogen-bond acceptors (Lipinski definition) is 3. The average molecular weight is 387 g/mol. The molecule has 0 spiro atoms. The molecule has 2 aromatic carbocycles. The molecule has 2 N–H and O–H groups in total. The number of amides is 2. The molecular weight excluding hydrogens is 360 g/mol. The van der Waals surface area contributed by atoms with Crippen molar-refractivity contribution in [1.29, 1.82) is 0 Å². The van der Waals surface area contributed by atoms with Crippen LogP contribution in [0.25, 0.3) is 6.08 Å². The summed E-state index contributed by atoms with van der Waals surface area (Å²) in [5.41, 5.74) is 1.85. The van der Waals surface area contributed by atoms with Crippen LogP contribution in [0.15, 0.2) is 65.6 Å². The topological polar surface area (TPSA) is 75.3 Å². The fraction of sp³-hybridized carbons (Fsp3) is 0.286. The number of rotatable bonds is 7. The van der Waals surface area contributed by atoms with Crippen molar-refractivity contribution in [2.24, 2.45) is 5.41 Å². The molecule has 0 fully saturated rings. The van der Waals surface area contributed by atoms with E-state index in [2.05, 4.69) is 16.1 Å². The van der Waals surface area contributed by atoms with E-state index < -0.39 is 16.1 Å². The van der Waals surface area contributed by atoms with E-state index in [-0.39, 0.29) is 10.3 Å². The molecule has 2 aromatic rings. The van der Waals surface area contributed by atoms with Gasteiger partial charge in [-0.2, -0.15) is 0 Å². The Bertz CT molecular complexity index is 887. The lowest BCUT2D eigenvalue weighted by Gasteiger charge is -2.23. The third-order valence-electron chi connectivity index (χ3n) is 4.07. The summed E-state index contributed by atoms with van der Waals surface area (Å²) in [5, 5.41) is 2.65. The predicted octanol–water partition coefficient (Wildman–Crippen LogP) is 4.11. The summed E-state index contributed by atoms with van der Waals surface area (Å²) in [7, 11) is -3.87. The number of urea groups is 1. The number of benzene rings is 2. The van der Waals surface area contributed by atoms with Crippen LogP contribution in [0.5, 0.6) is 0 Å². The molecule has 0 radical (unpaired) electrons. The molecule has 0 bridgehead atoms. The van der Waals surface area contributed by atoms with Gasteiger partial charge in [0.1, 0.15) is 0 Å². The van der Waals surface area contributed by atoms with Crippen LogP contribution in [0.2, 0.25) is 0 Å². The highest BCUT2D eigenvalue weighted by atomic mass is 32.2. The van der Waals surface area contributed by atoms with E-state index in [1.54, 1.807) is 12.1 Å². The molecule has 0 unspecified atom stereocenters. The number of aryl methyl sites for hydroxylation is 1. The number of sulfonamides is 1. The molecule has 6 heteroatoms. The van der Waals surface area contributed by atoms with Gasteiger partial charge in [0.15, 0.2) is 0 Å². The van der Waals surface area contributed by atoms with Crippen molar-refractivity contribution in [3.8, 4) is 0 Å². The first-order valence-corrected chi connectivity index (χ1v) is 10.3. The minimum absolute atomic E-state index is 0.0632. The van der Waals surface area contributed by atoms with E-state index in [1.165, 1.54) is 12.1 Å². The summed E-state index contributed by atoms with van der Waals surface area (Å²) in [5.74, 6) is 0. The Morgan fingerprint density at radius 3 is 2.30 bits per heavy atom. The molecule has 144 valence electrons. The van der Waals surface area contributed by atoms with Crippen LogP contribution in [0.3, 0.4) is 0 Å². The van der Waals surface area contributed by atoms with E-state index in [1.807, 2.05) is 57.2 Å². The van der Waals surface area contributed by atoms with Crippen LogP contribution in [0.4, 0.5) is 4.79 Å². The van der Waals surface area contributed by atoms with E-state index >= 15 is 0 Å². The van der Waals surface area contributed by atoms with Gasteiger partial charge in [-0.1, -0.05) is 74.0 Å². The molecule has 0 saturated carbocycles. The van der Waals surface area contributed by atoms with Crippen molar-refractivity contribution in [1.82, 2.24) is 10.0 Å². The van der Waals surface area contributed by atoms with Gasteiger partial charge in [-0.15, -0.1) is 0 Å². The molecule has 0 saturated heterocycles. The Balaban J connectivity index is 1.86. The highest BCUT2D eigenvalue weighted by molar-refractivity contribution is 7.90. The molecule has 5 nitrogen and oxygen atoms in total. The van der Waals surface area contributed by atoms with Crippen molar-refractivity contribution in [2.75, 3.05) is 6.54 Å². The number of carbonyl (C=O) groups is 1. The van der Waals surface area contributed by atoms with Gasteiger partial charge >= 0.3 is 6.03 Å². The first-order valence-electron chi connectivity index (χ1n) is 8.77. The highest BCUT2D eigenvalue weighted by Gasteiger charge is 2.21. The fourth-order valence-electron chi connectivity index (χ4n) is 2.40. The molecule has 0 aliphatic rings. The van der Waals surface area contributed by atoms with Gasteiger partial charge in [0.2, 0.25) is 0 Å². The van der Waals surface area contributed by atoms with Crippen LogP contribution in [0.1, 0.15) is 31.4 Å². The Kier molecular flexibility index (Phi) is 6.80. The second-order valence-corrected chi connectivity index (χ2v) is 8.97. The zero-order chi connectivity index (χ0) is 19.9. The molecule has 0 heterocycles. The Morgan fingerprint density at radius 2 is 1.67 bits per heavy atom. The molecule has 0 aliphatic carbocycles. The molecule has 0 atom stereocenters. The summed E-state index contributed by atoms with van der Waals surface area (Å²) in [6.07, 6.45) is 4.83. The van der Waals surface area contributed by atoms with Gasteiger partial charge < -0.3 is 5.32 Å². The summed E-state index contributed by atoms with van der Waals surface area (Å²) >= 11 is 0. The Morgan fingerprint density at radius 1 is 1.04 bits per heavy atom. The van der Waals surface area contributed by atoms with Crippen LogP contribution >= 0.6 is 0 Å². The standard InChI is InChI=1S/C21H26N2O3S/c1-17-11-13-19(14-12-17)27(25,26)23-20(24)22-16-21(2,3)15-7-10-18-8-5-4-6-9-18/h4-14H,15-16H2,1-3H3,(H2,22,23,24)/b10-7+. The molecule has 2 amide bonds. The van der Waals surface area contributed by atoms with Gasteiger partial charge in [0.05, 0.1) is 4.90 Å². The summed E-state index contributed by atoms with van der Waals surface area (Å²) in [4.78, 5) is 12.1. The first kappa shape index (κ1) is 20.7. The lowest BCUT2D eigenvalue weighted by atomic mass is 9.89. The molecule has 0 aromatic heterocycles. The van der Waals surface area contributed by atoms with E-state index in [9.17, 15) is 13.2 Å². The third-order valence-corrected chi connectivity index (χ3v) is 5.41. The number of nitrogens with one attached hydrogen (secondary N) is 2. The van der Waals surface area contributed by atoms with Crippen molar-refractivity contribution >= 4 is 22.1 Å². The van der Waals surface area contributed by atoms with Crippen molar-refractivity contribution in [3.05, 3.63) is 71.8 Å². The van der Waals surface area contributed by atoms with Gasteiger partial charge in [0, 0.05) is 6.54 Å². The maximum atomic E-state index is 12.2. The minimum atomic E-state index is -3.87. The van der Waals surface area contributed by atoms with Crippen molar-refractivity contribution < 1.29 is 13.2 Å². The number of allylic oxidation sites excluding steroid dienone is 1. The first-order chi connectivity index (χ1) is 12.7. The summed E-state index contributed by atoms with van der Waals surface area (Å²) in [6, 6.07) is 15.6. The largest absolute Gasteiger partial charge is 0.337 e. The SMILES string of the molecule is Cc1ccc(S(=O)(=O)NC(=O)NCC(C)(C)C/C=C/c2ccccc2)cc1. The fourth-order valence-corrected chi connectivity index (χ4v) is 3.33. The minimum Gasteiger partial charge on any atom is -0.337 e. The monoisotopic (exact) mass is 386 g/mol. The lowest BCUT2D eigenvalue weighted by molar-refractivity contribution is 0.239. The predicted molar refractivity (Wildman–Crippen MR) is 109 cm³/mol. The van der Waals surface area contributed by atoms with Gasteiger partial charge in [0.25, 0.3) is 10.0 Å². The highest BCUT2D eigenvalue weighted by Crippen LogP contribution is 2.20. The van der Waals surface area contributed by atoms with Crippen molar-refractivity contribution in [3.63, 3.8) is 0 Å². The van der Waals surface area contributed by atoms with Crippen LogP contribution < -0.4 is 10.0 Å². The Labute approximate surface area is 161 Å². The second kappa shape index (κ2) is 8.86. The van der Waals surface area contributed by atoms with Gasteiger partial charge in [-0.25, -0.2) is 17.9 Å². The zero-order valence-corrected chi connectivity index (χ0v) is 16.7. The molecule has 27 heavy (non-hydrogen) atoms. The molecular formula is C21H26N2O3S. The summed E-state index contributed by atoms with van der Waals surface area (Å²) < 4.78 is 26.5. The van der Waals surface area contributed by atoms with Gasteiger partial charge in [-0.3, -0.25) is 0 Å². The number of hydrogen-bond donors (Lipinski definition) is 2. The van der Waals surface area contributed by atoms with Crippen LogP contribution in [0, 0.1) is 12.3 Å². The van der Waals surface area contributed by atoms with Crippen LogP contribution in [-0.2, 0) is 10.0 Å². The quantitative estimate of drug-likeness (QED) is 0.752. The Hall–Kier alpha value is -2.60. The van der Waals surface area contributed by atoms with Gasteiger partial charge in [-0.05, 0) is 36.5 Å². The maximum absolute atomic E-state index is 12.2. The number of carbonyl (C=O) groups excluding carboxylic acids is 1. The maximum Gasteiger partial charge on any atom is 0.328 e. The molecule has 2 rings (SSSR count). The molecule has 0 aliphatic heterocycles.